The van der Waals surface area contributed by atoms with Gasteiger partial charge in [-0.05, 0) is 118 Å². The van der Waals surface area contributed by atoms with Crippen LogP contribution in [-0.2, 0) is 19.3 Å². The zero-order chi connectivity index (χ0) is 29.2. The van der Waals surface area contributed by atoms with Crippen LogP contribution in [-0.4, -0.2) is 0 Å². The van der Waals surface area contributed by atoms with Gasteiger partial charge in [-0.15, -0.1) is 13.2 Å². The van der Waals surface area contributed by atoms with Crippen molar-refractivity contribution in [3.05, 3.63) is 89.1 Å². The lowest BCUT2D eigenvalue weighted by atomic mass is 9.78. The molecule has 0 bridgehead atoms. The maximum absolute atomic E-state index is 3.86. The topological polar surface area (TPSA) is 0 Å². The molecule has 0 radical (unpaired) electrons. The summed E-state index contributed by atoms with van der Waals surface area (Å²) < 4.78 is 0. The molecule has 39 heavy (non-hydrogen) atoms. The minimum Gasteiger partial charge on any atom is -0.103 e. The van der Waals surface area contributed by atoms with Gasteiger partial charge in [0, 0.05) is 0 Å². The predicted molar refractivity (Wildman–Crippen MR) is 179 cm³/mol. The van der Waals surface area contributed by atoms with Gasteiger partial charge >= 0.3 is 0 Å². The molecule has 0 spiro atoms. The third-order valence-electron chi connectivity index (χ3n) is 8.24. The first-order valence-corrected chi connectivity index (χ1v) is 16.0. The van der Waals surface area contributed by atoms with Crippen LogP contribution in [0.5, 0.6) is 0 Å². The van der Waals surface area contributed by atoms with Gasteiger partial charge in [-0.2, -0.15) is 0 Å². The van der Waals surface area contributed by atoms with Crippen LogP contribution in [0.1, 0.15) is 129 Å². The molecule has 0 aromatic heterocycles. The average Bonchev–Trinajstić information content (AvgIpc) is 2.88. The molecule has 3 atom stereocenters. The third kappa shape index (κ3) is 13.2. The molecule has 0 amide bonds. The van der Waals surface area contributed by atoms with Crippen molar-refractivity contribution in [2.24, 2.45) is 23.7 Å². The van der Waals surface area contributed by atoms with Gasteiger partial charge in [0.1, 0.15) is 0 Å². The quantitative estimate of drug-likeness (QED) is 0.208. The molecule has 1 fully saturated rings. The lowest BCUT2D eigenvalue weighted by molar-refractivity contribution is 0.281. The molecule has 1 saturated carbocycles. The fraction of sp³-hybridized carbons (Fsp3) is 0.590. The standard InChI is InChI=1S/C24H36.C12H20.C3H6/c1-5-8-9-14-21-15-16-22(24(11-6-2)23(21)7-3)18-20-13-10-12-19(4)17-20;1-9(2)7-12-6-5-10(3)11(4)8-12;1-3-2/h5-6,11,15-16,19-20H,1,7-10,12-14,17-18H2,2-4H3;5-6,9,11H,7-8H2,1-4H3;3H,1H2,2H3/b11-6-;;. The predicted octanol–water partition coefficient (Wildman–Crippen LogP) is 12.3. The van der Waals surface area contributed by atoms with Crippen molar-refractivity contribution in [2.75, 3.05) is 0 Å². The Morgan fingerprint density at radius 2 is 1.72 bits per heavy atom. The van der Waals surface area contributed by atoms with Gasteiger partial charge in [0.25, 0.3) is 0 Å². The minimum absolute atomic E-state index is 0.767. The molecule has 0 heterocycles. The maximum atomic E-state index is 3.86. The van der Waals surface area contributed by atoms with Crippen LogP contribution in [0.2, 0.25) is 0 Å². The van der Waals surface area contributed by atoms with Crippen LogP contribution in [0.3, 0.4) is 0 Å². The number of unbranched alkanes of at least 4 members (excludes halogenated alkanes) is 1. The van der Waals surface area contributed by atoms with Crippen molar-refractivity contribution in [3.63, 3.8) is 0 Å². The average molecular weight is 531 g/mol. The van der Waals surface area contributed by atoms with Crippen LogP contribution in [0.25, 0.3) is 6.08 Å². The first-order chi connectivity index (χ1) is 18.7. The van der Waals surface area contributed by atoms with Gasteiger partial charge in [0.15, 0.2) is 0 Å². The van der Waals surface area contributed by atoms with Gasteiger partial charge in [0.05, 0.1) is 0 Å². The van der Waals surface area contributed by atoms with Crippen molar-refractivity contribution in [3.8, 4) is 0 Å². The summed E-state index contributed by atoms with van der Waals surface area (Å²) in [4.78, 5) is 0. The molecular formula is C39H62. The van der Waals surface area contributed by atoms with E-state index in [2.05, 4.69) is 98.1 Å². The van der Waals surface area contributed by atoms with Crippen LogP contribution in [0.4, 0.5) is 0 Å². The van der Waals surface area contributed by atoms with Crippen LogP contribution < -0.4 is 0 Å². The van der Waals surface area contributed by atoms with E-state index in [1.807, 2.05) is 13.0 Å². The van der Waals surface area contributed by atoms with Crippen LogP contribution >= 0.6 is 0 Å². The molecule has 0 nitrogen and oxygen atoms in total. The Hall–Kier alpha value is -2.08. The number of hydrogen-bond donors (Lipinski definition) is 0. The molecule has 0 N–H and O–H groups in total. The van der Waals surface area contributed by atoms with Gasteiger partial charge in [-0.25, -0.2) is 0 Å². The van der Waals surface area contributed by atoms with E-state index >= 15 is 0 Å². The van der Waals surface area contributed by atoms with E-state index in [0.717, 1.165) is 36.5 Å². The largest absolute Gasteiger partial charge is 0.103 e. The zero-order valence-electron chi connectivity index (χ0n) is 27.1. The normalized spacial score (nSPS) is 20.8. The maximum Gasteiger partial charge on any atom is -0.0193 e. The Kier molecular flexibility index (Phi) is 17.8. The van der Waals surface area contributed by atoms with E-state index in [0.29, 0.717) is 0 Å². The second-order valence-electron chi connectivity index (χ2n) is 12.5. The highest BCUT2D eigenvalue weighted by molar-refractivity contribution is 5.60. The van der Waals surface area contributed by atoms with Crippen molar-refractivity contribution < 1.29 is 0 Å². The Balaban J connectivity index is 0.000000422. The molecule has 3 rings (SSSR count). The van der Waals surface area contributed by atoms with Crippen molar-refractivity contribution in [2.45, 2.75) is 126 Å². The van der Waals surface area contributed by atoms with Gasteiger partial charge in [0.2, 0.25) is 0 Å². The first kappa shape index (κ1) is 34.9. The van der Waals surface area contributed by atoms with Crippen LogP contribution in [0.15, 0.2) is 66.8 Å². The van der Waals surface area contributed by atoms with E-state index in [-0.39, 0.29) is 0 Å². The highest BCUT2D eigenvalue weighted by Gasteiger charge is 2.21. The first-order valence-electron chi connectivity index (χ1n) is 16.0. The van der Waals surface area contributed by atoms with E-state index in [1.165, 1.54) is 68.9 Å². The van der Waals surface area contributed by atoms with Crippen LogP contribution in [0, 0.1) is 23.7 Å². The summed E-state index contributed by atoms with van der Waals surface area (Å²) in [6.07, 6.45) is 27.1. The fourth-order valence-electron chi connectivity index (χ4n) is 6.17. The Bertz CT molecular complexity index is 931. The molecule has 2 aliphatic carbocycles. The molecular weight excluding hydrogens is 468 g/mol. The molecule has 0 aliphatic heterocycles. The smallest absolute Gasteiger partial charge is 0.0193 e. The molecule has 1 aromatic carbocycles. The second-order valence-corrected chi connectivity index (χ2v) is 12.5. The molecule has 1 aromatic rings. The number of allylic oxidation sites excluding steroid dienone is 7. The summed E-state index contributed by atoms with van der Waals surface area (Å²) in [5.41, 5.74) is 9.39. The summed E-state index contributed by atoms with van der Waals surface area (Å²) in [5, 5.41) is 0. The molecule has 0 heteroatoms. The Morgan fingerprint density at radius 3 is 2.28 bits per heavy atom. The van der Waals surface area contributed by atoms with Crippen molar-refractivity contribution >= 4 is 6.08 Å². The monoisotopic (exact) mass is 530 g/mol. The SMILES string of the molecule is C=CC.C=CCCCc1ccc(CC2CCCC(C)C2)c(/C=C\C)c1CC.CC1=CC=C(CC(C)C)CC1C. The number of rotatable bonds is 10. The summed E-state index contributed by atoms with van der Waals surface area (Å²) in [6.45, 7) is 25.1. The van der Waals surface area contributed by atoms with E-state index in [1.54, 1.807) is 28.3 Å². The van der Waals surface area contributed by atoms with Gasteiger partial charge in [-0.3, -0.25) is 0 Å². The summed E-state index contributed by atoms with van der Waals surface area (Å²) in [6, 6.07) is 4.84. The Labute approximate surface area is 244 Å². The van der Waals surface area contributed by atoms with E-state index in [9.17, 15) is 0 Å². The van der Waals surface area contributed by atoms with Gasteiger partial charge in [-0.1, -0.05) is 114 Å². The summed E-state index contributed by atoms with van der Waals surface area (Å²) in [5.74, 6) is 3.37. The van der Waals surface area contributed by atoms with Crippen molar-refractivity contribution in [1.29, 1.82) is 0 Å². The highest BCUT2D eigenvalue weighted by atomic mass is 14.3. The number of hydrogen-bond acceptors (Lipinski definition) is 0. The summed E-state index contributed by atoms with van der Waals surface area (Å²) >= 11 is 0. The second kappa shape index (κ2) is 19.9. The molecule has 0 saturated heterocycles. The summed E-state index contributed by atoms with van der Waals surface area (Å²) in [7, 11) is 0. The lowest BCUT2D eigenvalue weighted by Gasteiger charge is -2.28. The molecule has 2 aliphatic rings. The van der Waals surface area contributed by atoms with Crippen molar-refractivity contribution in [1.82, 2.24) is 0 Å². The molecule has 218 valence electrons. The van der Waals surface area contributed by atoms with E-state index < -0.39 is 0 Å². The third-order valence-corrected chi connectivity index (χ3v) is 8.24. The zero-order valence-corrected chi connectivity index (χ0v) is 27.1. The minimum atomic E-state index is 0.767. The lowest BCUT2D eigenvalue weighted by Crippen LogP contribution is -2.16. The fourth-order valence-corrected chi connectivity index (χ4v) is 6.17. The van der Waals surface area contributed by atoms with Gasteiger partial charge < -0.3 is 0 Å². The highest BCUT2D eigenvalue weighted by Crippen LogP contribution is 2.33. The number of aryl methyl sites for hydroxylation is 1. The number of benzene rings is 1. The van der Waals surface area contributed by atoms with E-state index in [4.69, 9.17) is 0 Å². The molecule has 3 unspecified atom stereocenters. The Morgan fingerprint density at radius 1 is 1.03 bits per heavy atom.